The maximum atomic E-state index is 12.2. The highest BCUT2D eigenvalue weighted by Gasteiger charge is 2.13. The fourth-order valence-electron chi connectivity index (χ4n) is 2.67. The molecule has 0 aliphatic carbocycles. The minimum Gasteiger partial charge on any atom is -0.494 e. The van der Waals surface area contributed by atoms with Crippen LogP contribution in [0.2, 0.25) is 0 Å². The molecule has 0 atom stereocenters. The maximum Gasteiger partial charge on any atom is 0.243 e. The van der Waals surface area contributed by atoms with Crippen molar-refractivity contribution in [2.75, 3.05) is 25.5 Å². The van der Waals surface area contributed by atoms with Crippen molar-refractivity contribution in [2.24, 2.45) is 0 Å². The van der Waals surface area contributed by atoms with Crippen LogP contribution in [0.25, 0.3) is 0 Å². The minimum absolute atomic E-state index is 0.0327. The molecule has 0 bridgehead atoms. The lowest BCUT2D eigenvalue weighted by Crippen LogP contribution is -2.35. The zero-order valence-electron chi connectivity index (χ0n) is 16.5. The van der Waals surface area contributed by atoms with Crippen molar-refractivity contribution in [1.29, 1.82) is 0 Å². The van der Waals surface area contributed by atoms with Gasteiger partial charge in [-0.15, -0.1) is 0 Å². The zero-order chi connectivity index (χ0) is 19.8. The minimum atomic E-state index is -0.199. The third kappa shape index (κ3) is 6.77. The molecule has 144 valence electrons. The van der Waals surface area contributed by atoms with E-state index < -0.39 is 0 Å². The number of nitrogens with zero attached hydrogens (tertiary/aromatic N) is 1. The molecule has 2 aromatic rings. The Labute approximate surface area is 161 Å². The van der Waals surface area contributed by atoms with Crippen LogP contribution in [0.3, 0.4) is 0 Å². The summed E-state index contributed by atoms with van der Waals surface area (Å²) in [7, 11) is 1.65. The van der Waals surface area contributed by atoms with Gasteiger partial charge in [-0.25, -0.2) is 0 Å². The summed E-state index contributed by atoms with van der Waals surface area (Å²) >= 11 is 0. The zero-order valence-corrected chi connectivity index (χ0v) is 16.5. The van der Waals surface area contributed by atoms with Gasteiger partial charge in [0, 0.05) is 19.2 Å². The highest BCUT2D eigenvalue weighted by Crippen LogP contribution is 2.16. The number of nitrogens with one attached hydrogen (secondary N) is 1. The average Bonchev–Trinajstić information content (AvgIpc) is 2.61. The normalized spacial score (nSPS) is 10.4. The van der Waals surface area contributed by atoms with Gasteiger partial charge in [-0.2, -0.15) is 0 Å². The molecule has 2 rings (SSSR count). The molecule has 0 aromatic heterocycles. The molecule has 0 fully saturated rings. The number of carbonyl (C=O) groups is 2. The number of hydrogen-bond donors (Lipinski definition) is 1. The molecular weight excluding hydrogens is 340 g/mol. The lowest BCUT2D eigenvalue weighted by Gasteiger charge is -2.17. The van der Waals surface area contributed by atoms with Crippen LogP contribution in [-0.2, 0) is 9.59 Å². The first kappa shape index (κ1) is 20.5. The Morgan fingerprint density at radius 1 is 1.04 bits per heavy atom. The van der Waals surface area contributed by atoms with E-state index in [9.17, 15) is 9.59 Å². The Balaban J connectivity index is 1.73. The monoisotopic (exact) mass is 368 g/mol. The van der Waals surface area contributed by atoms with Gasteiger partial charge < -0.3 is 15.0 Å². The molecule has 2 aromatic carbocycles. The molecule has 5 nitrogen and oxygen atoms in total. The number of hydrogen-bond acceptors (Lipinski definition) is 3. The van der Waals surface area contributed by atoms with Gasteiger partial charge in [-0.3, -0.25) is 9.59 Å². The molecule has 0 radical (unpaired) electrons. The first-order valence-electron chi connectivity index (χ1n) is 9.15. The summed E-state index contributed by atoms with van der Waals surface area (Å²) in [5.41, 5.74) is 4.00. The molecule has 0 saturated heterocycles. The van der Waals surface area contributed by atoms with Crippen LogP contribution in [0.1, 0.15) is 29.5 Å². The molecule has 0 aliphatic heterocycles. The van der Waals surface area contributed by atoms with Gasteiger partial charge in [0.25, 0.3) is 0 Å². The second-order valence-electron chi connectivity index (χ2n) is 6.88. The predicted octanol–water partition coefficient (Wildman–Crippen LogP) is 3.87. The summed E-state index contributed by atoms with van der Waals surface area (Å²) in [4.78, 5) is 25.9. The lowest BCUT2D eigenvalue weighted by atomic mass is 10.1. The van der Waals surface area contributed by atoms with Crippen molar-refractivity contribution in [3.8, 4) is 5.75 Å². The van der Waals surface area contributed by atoms with E-state index in [1.807, 2.05) is 63.2 Å². The van der Waals surface area contributed by atoms with Crippen molar-refractivity contribution < 1.29 is 14.3 Å². The van der Waals surface area contributed by atoms with Crippen molar-refractivity contribution in [2.45, 2.75) is 33.6 Å². The molecule has 0 aliphatic rings. The Bertz CT molecular complexity index is 802. The van der Waals surface area contributed by atoms with Gasteiger partial charge in [-0.1, -0.05) is 24.3 Å². The lowest BCUT2D eigenvalue weighted by molar-refractivity contribution is -0.133. The van der Waals surface area contributed by atoms with Crippen molar-refractivity contribution in [3.05, 3.63) is 59.2 Å². The summed E-state index contributed by atoms with van der Waals surface area (Å²) in [5, 5.41) is 2.87. The third-order valence-electron chi connectivity index (χ3n) is 4.27. The van der Waals surface area contributed by atoms with Gasteiger partial charge >= 0.3 is 0 Å². The highest BCUT2D eigenvalue weighted by atomic mass is 16.5. The van der Waals surface area contributed by atoms with Gasteiger partial charge in [0.15, 0.2) is 0 Å². The SMILES string of the molecule is Cc1cccc(OCCCC(=O)N(C)CC(=O)Nc2cc(C)ccc2C)c1. The van der Waals surface area contributed by atoms with Crippen LogP contribution >= 0.6 is 0 Å². The Kier molecular flexibility index (Phi) is 7.41. The maximum absolute atomic E-state index is 12.2. The number of amides is 2. The summed E-state index contributed by atoms with van der Waals surface area (Å²) in [6.07, 6.45) is 0.953. The number of anilines is 1. The topological polar surface area (TPSA) is 58.6 Å². The Morgan fingerprint density at radius 2 is 1.78 bits per heavy atom. The fourth-order valence-corrected chi connectivity index (χ4v) is 2.67. The molecule has 1 N–H and O–H groups in total. The van der Waals surface area contributed by atoms with E-state index >= 15 is 0 Å². The Hall–Kier alpha value is -2.82. The van der Waals surface area contributed by atoms with Gasteiger partial charge in [-0.05, 0) is 62.1 Å². The number of aryl methyl sites for hydroxylation is 3. The smallest absolute Gasteiger partial charge is 0.243 e. The number of likely N-dealkylation sites (N-methyl/N-ethyl adjacent to an activating group) is 1. The molecule has 0 spiro atoms. The largest absolute Gasteiger partial charge is 0.494 e. The van der Waals surface area contributed by atoms with Crippen LogP contribution in [-0.4, -0.2) is 36.9 Å². The first-order chi connectivity index (χ1) is 12.8. The van der Waals surface area contributed by atoms with E-state index in [0.29, 0.717) is 19.4 Å². The summed E-state index contributed by atoms with van der Waals surface area (Å²) < 4.78 is 5.65. The van der Waals surface area contributed by atoms with Crippen molar-refractivity contribution in [1.82, 2.24) is 4.90 Å². The number of carbonyl (C=O) groups excluding carboxylic acids is 2. The molecule has 2 amide bonds. The molecule has 0 heterocycles. The van der Waals surface area contributed by atoms with Crippen LogP contribution < -0.4 is 10.1 Å². The standard InChI is InChI=1S/C22H28N2O3/c1-16-7-5-8-19(13-16)27-12-6-9-22(26)24(4)15-21(25)23-20-14-17(2)10-11-18(20)3/h5,7-8,10-11,13-14H,6,9,12,15H2,1-4H3,(H,23,25). The molecule has 0 saturated carbocycles. The van der Waals surface area contributed by atoms with E-state index in [1.165, 1.54) is 4.90 Å². The predicted molar refractivity (Wildman–Crippen MR) is 108 cm³/mol. The molecule has 5 heteroatoms. The van der Waals surface area contributed by atoms with Crippen molar-refractivity contribution >= 4 is 17.5 Å². The highest BCUT2D eigenvalue weighted by molar-refractivity contribution is 5.95. The first-order valence-corrected chi connectivity index (χ1v) is 9.15. The molecular formula is C22H28N2O3. The summed E-state index contributed by atoms with van der Waals surface area (Å²) in [6.45, 7) is 6.43. The van der Waals surface area contributed by atoms with Crippen LogP contribution in [0.5, 0.6) is 5.75 Å². The second kappa shape index (κ2) is 9.76. The number of ether oxygens (including phenoxy) is 1. The van der Waals surface area contributed by atoms with Crippen LogP contribution in [0.4, 0.5) is 5.69 Å². The van der Waals surface area contributed by atoms with Crippen LogP contribution in [0.15, 0.2) is 42.5 Å². The van der Waals surface area contributed by atoms with Crippen LogP contribution in [0, 0.1) is 20.8 Å². The van der Waals surface area contributed by atoms with E-state index in [0.717, 1.165) is 28.1 Å². The number of rotatable bonds is 8. The summed E-state index contributed by atoms with van der Waals surface area (Å²) in [5.74, 6) is 0.540. The Morgan fingerprint density at radius 3 is 2.52 bits per heavy atom. The van der Waals surface area contributed by atoms with Gasteiger partial charge in [0.1, 0.15) is 5.75 Å². The quantitative estimate of drug-likeness (QED) is 0.720. The average molecular weight is 368 g/mol. The fraction of sp³-hybridized carbons (Fsp3) is 0.364. The second-order valence-corrected chi connectivity index (χ2v) is 6.88. The van der Waals surface area contributed by atoms with E-state index in [-0.39, 0.29) is 18.4 Å². The molecule has 27 heavy (non-hydrogen) atoms. The van der Waals surface area contributed by atoms with E-state index in [1.54, 1.807) is 7.05 Å². The van der Waals surface area contributed by atoms with E-state index in [2.05, 4.69) is 5.32 Å². The summed E-state index contributed by atoms with van der Waals surface area (Å²) in [6, 6.07) is 13.7. The van der Waals surface area contributed by atoms with Gasteiger partial charge in [0.05, 0.1) is 13.2 Å². The van der Waals surface area contributed by atoms with E-state index in [4.69, 9.17) is 4.74 Å². The van der Waals surface area contributed by atoms with Crippen molar-refractivity contribution in [3.63, 3.8) is 0 Å². The molecule has 0 unspecified atom stereocenters. The van der Waals surface area contributed by atoms with Gasteiger partial charge in [0.2, 0.25) is 11.8 Å². The number of benzene rings is 2. The third-order valence-corrected chi connectivity index (χ3v) is 4.27.